The predicted molar refractivity (Wildman–Crippen MR) is 140 cm³/mol. The van der Waals surface area contributed by atoms with E-state index in [4.69, 9.17) is 0 Å². The Morgan fingerprint density at radius 1 is 0.971 bits per heavy atom. The second-order valence-electron chi connectivity index (χ2n) is 9.67. The number of benzene rings is 3. The molecule has 3 aromatic carbocycles. The number of fused-ring (bicyclic) bond motifs is 2. The van der Waals surface area contributed by atoms with E-state index in [1.54, 1.807) is 7.05 Å². The number of rotatable bonds is 5. The zero-order valence-electron chi connectivity index (χ0n) is 20.2. The summed E-state index contributed by atoms with van der Waals surface area (Å²) in [4.78, 5) is 14.8. The summed E-state index contributed by atoms with van der Waals surface area (Å²) in [6.07, 6.45) is 0. The molecule has 2 aliphatic rings. The van der Waals surface area contributed by atoms with Crippen molar-refractivity contribution in [1.82, 2.24) is 15.5 Å². The number of para-hydroxylation sites is 1. The highest BCUT2D eigenvalue weighted by atomic mass is 16.1. The first-order valence-electron chi connectivity index (χ1n) is 12.0. The number of piperazine rings is 1. The molecule has 0 aliphatic carbocycles. The minimum atomic E-state index is -0.117. The van der Waals surface area contributed by atoms with Crippen molar-refractivity contribution in [3.05, 3.63) is 82.9 Å². The Kier molecular flexibility index (Phi) is 6.02. The summed E-state index contributed by atoms with van der Waals surface area (Å²) in [6, 6.07) is 20.8. The van der Waals surface area contributed by atoms with Crippen LogP contribution in [0.5, 0.6) is 0 Å². The normalized spacial score (nSPS) is 16.7. The van der Waals surface area contributed by atoms with Crippen LogP contribution in [0.25, 0.3) is 0 Å². The van der Waals surface area contributed by atoms with Gasteiger partial charge < -0.3 is 21.3 Å². The number of amides is 1. The summed E-state index contributed by atoms with van der Waals surface area (Å²) in [7, 11) is 1.65. The van der Waals surface area contributed by atoms with Gasteiger partial charge in [-0.1, -0.05) is 44.2 Å². The Hall–Kier alpha value is -3.35. The molecule has 0 saturated carbocycles. The maximum Gasteiger partial charge on any atom is 0.253 e. The van der Waals surface area contributed by atoms with Gasteiger partial charge in [0.2, 0.25) is 0 Å². The SMILES string of the molecule is CNC(=O)c1ccccc1Nc1ccc2c(c1)Nc1ccc(CN3CCNCC3)cc1C2(C)C. The van der Waals surface area contributed by atoms with Crippen LogP contribution in [0.4, 0.5) is 22.7 Å². The van der Waals surface area contributed by atoms with Gasteiger partial charge in [0, 0.05) is 62.2 Å². The minimum absolute atomic E-state index is 0.106. The van der Waals surface area contributed by atoms with Crippen LogP contribution in [-0.4, -0.2) is 44.0 Å². The zero-order chi connectivity index (χ0) is 23.7. The Bertz CT molecular complexity index is 1210. The van der Waals surface area contributed by atoms with Crippen LogP contribution in [0.15, 0.2) is 60.7 Å². The molecule has 6 heteroatoms. The molecule has 0 radical (unpaired) electrons. The lowest BCUT2D eigenvalue weighted by Crippen LogP contribution is -2.42. The van der Waals surface area contributed by atoms with Gasteiger partial charge >= 0.3 is 0 Å². The Morgan fingerprint density at radius 2 is 1.76 bits per heavy atom. The van der Waals surface area contributed by atoms with Crippen molar-refractivity contribution in [3.63, 3.8) is 0 Å². The lowest BCUT2D eigenvalue weighted by Gasteiger charge is -2.37. The van der Waals surface area contributed by atoms with Gasteiger partial charge in [-0.15, -0.1) is 0 Å². The second kappa shape index (κ2) is 9.12. The quantitative estimate of drug-likeness (QED) is 0.454. The summed E-state index contributed by atoms with van der Waals surface area (Å²) >= 11 is 0. The van der Waals surface area contributed by atoms with Crippen LogP contribution < -0.4 is 21.3 Å². The highest BCUT2D eigenvalue weighted by molar-refractivity contribution is 6.00. The zero-order valence-corrected chi connectivity index (χ0v) is 20.2. The molecule has 0 aromatic heterocycles. The van der Waals surface area contributed by atoms with Crippen molar-refractivity contribution >= 4 is 28.7 Å². The summed E-state index contributed by atoms with van der Waals surface area (Å²) in [5.74, 6) is -0.106. The monoisotopic (exact) mass is 455 g/mol. The van der Waals surface area contributed by atoms with Crippen molar-refractivity contribution in [3.8, 4) is 0 Å². The Labute approximate surface area is 201 Å². The first-order valence-corrected chi connectivity index (χ1v) is 12.0. The third kappa shape index (κ3) is 4.27. The smallest absolute Gasteiger partial charge is 0.253 e. The number of anilines is 4. The van der Waals surface area contributed by atoms with Crippen LogP contribution in [0.1, 0.15) is 40.9 Å². The number of hydrogen-bond acceptors (Lipinski definition) is 5. The number of nitrogens with zero attached hydrogens (tertiary/aromatic N) is 1. The van der Waals surface area contributed by atoms with Gasteiger partial charge in [0.1, 0.15) is 0 Å². The van der Waals surface area contributed by atoms with Gasteiger partial charge in [0.25, 0.3) is 5.91 Å². The van der Waals surface area contributed by atoms with Crippen molar-refractivity contribution < 1.29 is 4.79 Å². The van der Waals surface area contributed by atoms with Crippen molar-refractivity contribution in [2.75, 3.05) is 43.9 Å². The molecule has 0 unspecified atom stereocenters. The summed E-state index contributed by atoms with van der Waals surface area (Å²) in [5, 5.41) is 13.2. The largest absolute Gasteiger partial charge is 0.355 e. The second-order valence-corrected chi connectivity index (χ2v) is 9.67. The Morgan fingerprint density at radius 3 is 2.56 bits per heavy atom. The van der Waals surface area contributed by atoms with E-state index >= 15 is 0 Å². The Balaban J connectivity index is 1.41. The van der Waals surface area contributed by atoms with Gasteiger partial charge in [-0.25, -0.2) is 0 Å². The molecule has 34 heavy (non-hydrogen) atoms. The highest BCUT2D eigenvalue weighted by Gasteiger charge is 2.33. The van der Waals surface area contributed by atoms with Crippen molar-refractivity contribution in [2.24, 2.45) is 0 Å². The average Bonchev–Trinajstić information content (AvgIpc) is 2.85. The van der Waals surface area contributed by atoms with Crippen LogP contribution in [-0.2, 0) is 12.0 Å². The molecule has 1 saturated heterocycles. The third-order valence-electron chi connectivity index (χ3n) is 7.01. The van der Waals surface area contributed by atoms with E-state index in [1.165, 1.54) is 16.7 Å². The van der Waals surface area contributed by atoms with E-state index in [-0.39, 0.29) is 11.3 Å². The van der Waals surface area contributed by atoms with Crippen LogP contribution in [0, 0.1) is 0 Å². The molecule has 0 atom stereocenters. The van der Waals surface area contributed by atoms with Gasteiger partial charge in [-0.3, -0.25) is 9.69 Å². The van der Waals surface area contributed by atoms with Crippen molar-refractivity contribution in [1.29, 1.82) is 0 Å². The molecule has 6 nitrogen and oxygen atoms in total. The molecular formula is C28H33N5O. The minimum Gasteiger partial charge on any atom is -0.355 e. The molecule has 2 heterocycles. The standard InChI is InChI=1S/C28H33N5O/c1-28(2)22-10-9-20(31-24-7-5-4-6-21(24)27(34)29-3)17-26(22)32-25-11-8-19(16-23(25)28)18-33-14-12-30-13-15-33/h4-11,16-17,30-32H,12-15,18H2,1-3H3,(H,29,34). The first kappa shape index (κ1) is 22.4. The average molecular weight is 456 g/mol. The first-order chi connectivity index (χ1) is 16.5. The lowest BCUT2D eigenvalue weighted by molar-refractivity contribution is 0.0964. The predicted octanol–water partition coefficient (Wildman–Crippen LogP) is 4.58. The van der Waals surface area contributed by atoms with E-state index in [1.807, 2.05) is 24.3 Å². The molecule has 4 N–H and O–H groups in total. The maximum atomic E-state index is 12.3. The van der Waals surface area contributed by atoms with E-state index < -0.39 is 0 Å². The van der Waals surface area contributed by atoms with E-state index in [9.17, 15) is 4.79 Å². The summed E-state index contributed by atoms with van der Waals surface area (Å²) < 4.78 is 0. The highest BCUT2D eigenvalue weighted by Crippen LogP contribution is 2.46. The molecule has 176 valence electrons. The van der Waals surface area contributed by atoms with Crippen LogP contribution in [0.2, 0.25) is 0 Å². The van der Waals surface area contributed by atoms with Gasteiger partial charge in [-0.2, -0.15) is 0 Å². The molecule has 3 aromatic rings. The summed E-state index contributed by atoms with van der Waals surface area (Å²) in [6.45, 7) is 9.92. The molecule has 1 fully saturated rings. The molecule has 1 amide bonds. The molecule has 2 aliphatic heterocycles. The van der Waals surface area contributed by atoms with Crippen LogP contribution in [0.3, 0.4) is 0 Å². The van der Waals surface area contributed by atoms with E-state index in [0.717, 1.165) is 55.5 Å². The number of carbonyl (C=O) groups excluding carboxylic acids is 1. The number of nitrogens with one attached hydrogen (secondary N) is 4. The van der Waals surface area contributed by atoms with Gasteiger partial charge in [-0.05, 0) is 47.0 Å². The maximum absolute atomic E-state index is 12.3. The molecule has 0 bridgehead atoms. The molecule has 0 spiro atoms. The van der Waals surface area contributed by atoms with Gasteiger partial charge in [0.05, 0.1) is 11.3 Å². The lowest BCUT2D eigenvalue weighted by atomic mass is 9.74. The van der Waals surface area contributed by atoms with E-state index in [0.29, 0.717) is 5.56 Å². The third-order valence-corrected chi connectivity index (χ3v) is 7.01. The number of carbonyl (C=O) groups is 1. The summed E-state index contributed by atoms with van der Waals surface area (Å²) in [5.41, 5.74) is 8.45. The van der Waals surface area contributed by atoms with Crippen molar-refractivity contribution in [2.45, 2.75) is 25.8 Å². The fourth-order valence-corrected chi connectivity index (χ4v) is 5.08. The van der Waals surface area contributed by atoms with Gasteiger partial charge in [0.15, 0.2) is 0 Å². The molecule has 5 rings (SSSR count). The van der Waals surface area contributed by atoms with Crippen LogP contribution >= 0.6 is 0 Å². The fraction of sp³-hybridized carbons (Fsp3) is 0.321. The topological polar surface area (TPSA) is 68.4 Å². The van der Waals surface area contributed by atoms with E-state index in [2.05, 4.69) is 76.4 Å². The molecular weight excluding hydrogens is 422 g/mol. The fourth-order valence-electron chi connectivity index (χ4n) is 5.08. The number of hydrogen-bond donors (Lipinski definition) is 4.